The fourth-order valence-corrected chi connectivity index (χ4v) is 6.10. The van der Waals surface area contributed by atoms with Crippen molar-refractivity contribution < 1.29 is 42.3 Å². The van der Waals surface area contributed by atoms with Crippen molar-refractivity contribution in [2.45, 2.75) is 20.4 Å². The Morgan fingerprint density at radius 2 is 0.889 bits per heavy atom. The van der Waals surface area contributed by atoms with E-state index in [1.54, 1.807) is 28.5 Å². The van der Waals surface area contributed by atoms with E-state index in [1.165, 1.54) is 81.2 Å². The molecule has 7 aromatic carbocycles. The first-order chi connectivity index (χ1) is 21.6. The molecule has 0 saturated carbocycles. The number of phenols is 2. The maximum atomic E-state index is 12.0. The van der Waals surface area contributed by atoms with E-state index in [9.17, 15) is 8.78 Å². The van der Waals surface area contributed by atoms with Crippen molar-refractivity contribution in [2.24, 2.45) is 0 Å². The number of halogens is 2. The quantitative estimate of drug-likeness (QED) is 0.133. The van der Waals surface area contributed by atoms with Crippen LogP contribution in [0.15, 0.2) is 152 Å². The second-order valence-corrected chi connectivity index (χ2v) is 17.6. The fraction of sp³-hybridized carbons (Fsp3) is 0.0769. The van der Waals surface area contributed by atoms with Gasteiger partial charge in [-0.05, 0) is 48.5 Å². The van der Waals surface area contributed by atoms with Crippen LogP contribution in [-0.4, -0.2) is 15.6 Å². The van der Waals surface area contributed by atoms with Crippen LogP contribution in [0.4, 0.5) is 8.78 Å². The molecule has 0 atom stereocenters. The first-order valence-corrected chi connectivity index (χ1v) is 20.0. The summed E-state index contributed by atoms with van der Waals surface area (Å²) in [5, 5.41) is 24.1. The molecule has 45 heavy (non-hydrogen) atoms. The predicted molar refractivity (Wildman–Crippen MR) is 182 cm³/mol. The molecule has 7 aromatic rings. The molecule has 0 aliphatic rings. The number of aromatic hydroxyl groups is 2. The Kier molecular flexibility index (Phi) is 14.6. The third kappa shape index (κ3) is 13.2. The van der Waals surface area contributed by atoms with Crippen molar-refractivity contribution in [3.05, 3.63) is 174 Å². The number of hydrogen-bond acceptors (Lipinski definition) is 2. The number of benzene rings is 5. The molecule has 0 aromatic heterocycles. The van der Waals surface area contributed by atoms with Crippen LogP contribution in [0.2, 0.25) is 6.55 Å². The topological polar surface area (TPSA) is 40.5 Å². The average Bonchev–Trinajstić information content (AvgIpc) is 3.62. The molecule has 0 heterocycles. The Balaban J connectivity index is 0.000000154. The molecule has 6 heteroatoms. The first-order valence-electron chi connectivity index (χ1n) is 14.3. The van der Waals surface area contributed by atoms with E-state index >= 15 is 0 Å². The summed E-state index contributed by atoms with van der Waals surface area (Å²) < 4.78 is 24.0. The van der Waals surface area contributed by atoms with Gasteiger partial charge >= 0.3 is 70.8 Å². The minimum Gasteiger partial charge on any atom is -0.508 e. The van der Waals surface area contributed by atoms with E-state index in [1.807, 2.05) is 0 Å². The Bertz CT molecular complexity index is 1650. The first kappa shape index (κ1) is 35.4. The van der Waals surface area contributed by atoms with Gasteiger partial charge in [0.1, 0.15) is 23.1 Å². The molecule has 0 spiro atoms. The molecule has 0 radical (unpaired) electrons. The zero-order valence-electron chi connectivity index (χ0n) is 25.6. The minimum atomic E-state index is -0.331. The third-order valence-corrected chi connectivity index (χ3v) is 9.71. The van der Waals surface area contributed by atoms with Crippen LogP contribution in [-0.2, 0) is 23.3 Å². The zero-order valence-corrected chi connectivity index (χ0v) is 29.0. The maximum Gasteiger partial charge on any atom is 0.123 e. The second kappa shape index (κ2) is 18.6. The van der Waals surface area contributed by atoms with Gasteiger partial charge in [0, 0.05) is 0 Å². The van der Waals surface area contributed by atoms with Gasteiger partial charge in [0.15, 0.2) is 0 Å². The molecular weight excluding hydrogens is 658 g/mol. The van der Waals surface area contributed by atoms with Crippen LogP contribution >= 0.6 is 0 Å². The summed E-state index contributed by atoms with van der Waals surface area (Å²) in [7, 11) is 0. The maximum absolute atomic E-state index is 12.0. The van der Waals surface area contributed by atoms with E-state index < -0.39 is 0 Å². The van der Waals surface area contributed by atoms with Crippen LogP contribution in [0.25, 0.3) is 21.5 Å². The van der Waals surface area contributed by atoms with Crippen molar-refractivity contribution in [1.29, 1.82) is 0 Å². The number of phenolic OH excluding ortho intramolecular Hbond substituents is 2. The predicted octanol–water partition coefficient (Wildman–Crippen LogP) is 9.86. The third-order valence-electron chi connectivity index (χ3n) is 6.38. The largest absolute Gasteiger partial charge is 0.508 e. The molecule has 0 aliphatic heterocycles. The summed E-state index contributed by atoms with van der Waals surface area (Å²) in [4.78, 5) is 0. The van der Waals surface area contributed by atoms with Gasteiger partial charge in [0.05, 0.1) is 0 Å². The standard InChI is InChI=1S/2C10H9.C7H8Si.2C6H5FO.Zr/c2*1-8-6-9-4-2-3-5-10(9)7-8;1-8-7-5-3-2-4-6-7;2*7-5-1-3-6(8)4-2-5;/h2*2-7H,1H3;2-6H,1H3;2*1-4,8H;/q2*-1;;;;+2. The Labute approximate surface area is 279 Å². The van der Waals surface area contributed by atoms with Gasteiger partial charge < -0.3 is 10.2 Å². The summed E-state index contributed by atoms with van der Waals surface area (Å²) in [6.07, 6.45) is 0. The molecule has 7 rings (SSSR count). The van der Waals surface area contributed by atoms with Crippen molar-refractivity contribution in [3.8, 4) is 11.5 Å². The van der Waals surface area contributed by atoms with Gasteiger partial charge in [-0.3, -0.25) is 0 Å². The van der Waals surface area contributed by atoms with Gasteiger partial charge in [-0.2, -0.15) is 12.1 Å². The van der Waals surface area contributed by atoms with E-state index in [0.717, 1.165) is 0 Å². The van der Waals surface area contributed by atoms with E-state index in [-0.39, 0.29) is 28.6 Å². The zero-order chi connectivity index (χ0) is 32.6. The van der Waals surface area contributed by atoms with Gasteiger partial charge in [-0.1, -0.05) is 26.0 Å². The number of aryl methyl sites for hydroxylation is 2. The summed E-state index contributed by atoms with van der Waals surface area (Å²) in [6, 6.07) is 46.4. The summed E-state index contributed by atoms with van der Waals surface area (Å²) in [5.74, 6) is -0.483. The molecule has 0 saturated heterocycles. The number of rotatable bonds is 1. The van der Waals surface area contributed by atoms with Gasteiger partial charge in [-0.25, -0.2) is 8.78 Å². The average molecular weight is 694 g/mol. The van der Waals surface area contributed by atoms with Crippen molar-refractivity contribution >= 4 is 32.2 Å². The van der Waals surface area contributed by atoms with E-state index in [0.29, 0.717) is 0 Å². The van der Waals surface area contributed by atoms with Gasteiger partial charge in [0.25, 0.3) is 0 Å². The van der Waals surface area contributed by atoms with Crippen LogP contribution in [0, 0.1) is 25.5 Å². The monoisotopic (exact) mass is 692 g/mol. The van der Waals surface area contributed by atoms with E-state index in [4.69, 9.17) is 10.2 Å². The SMILES string of the molecule is C[Si](=[Zr+2])c1ccccc1.Cc1cc2ccccc2[cH-]1.Cc1cc2ccccc2[cH-]1.Oc1ccc(F)cc1.Oc1ccc(F)cc1. The molecule has 0 amide bonds. The Morgan fingerprint density at radius 1 is 0.533 bits per heavy atom. The Hall–Kier alpha value is -4.12. The van der Waals surface area contributed by atoms with Crippen LogP contribution in [0.3, 0.4) is 0 Å². The van der Waals surface area contributed by atoms with Crippen LogP contribution < -0.4 is 5.19 Å². The van der Waals surface area contributed by atoms with Crippen LogP contribution in [0.5, 0.6) is 11.5 Å². The summed E-state index contributed by atoms with van der Waals surface area (Å²) >= 11 is 1.69. The molecule has 0 fully saturated rings. The minimum absolute atomic E-state index is 0.0893. The van der Waals surface area contributed by atoms with Crippen LogP contribution in [0.1, 0.15) is 11.1 Å². The van der Waals surface area contributed by atoms with E-state index in [2.05, 4.69) is 124 Å². The van der Waals surface area contributed by atoms with Gasteiger partial charge in [0.2, 0.25) is 0 Å². The molecule has 0 aliphatic carbocycles. The fourth-order valence-electron chi connectivity index (χ4n) is 4.18. The van der Waals surface area contributed by atoms with Gasteiger partial charge in [-0.15, -0.1) is 81.2 Å². The van der Waals surface area contributed by atoms with Crippen molar-refractivity contribution in [1.82, 2.24) is 0 Å². The molecular formula is C39H36F2O2SiZr. The molecule has 226 valence electrons. The number of fused-ring (bicyclic) bond motifs is 2. The normalized spacial score (nSPS) is 9.76. The summed E-state index contributed by atoms with van der Waals surface area (Å²) in [6.45, 7) is 6.60. The van der Waals surface area contributed by atoms with Crippen molar-refractivity contribution in [3.63, 3.8) is 0 Å². The smallest absolute Gasteiger partial charge is 0.123 e. The molecule has 0 bridgehead atoms. The molecule has 0 unspecified atom stereocenters. The van der Waals surface area contributed by atoms with Crippen molar-refractivity contribution in [2.75, 3.05) is 0 Å². The molecule has 2 nitrogen and oxygen atoms in total. The molecule has 2 N–H and O–H groups in total. The second-order valence-electron chi connectivity index (χ2n) is 10.3. The Morgan fingerprint density at radius 3 is 1.20 bits per heavy atom. The number of hydrogen-bond donors (Lipinski definition) is 2. The summed E-state index contributed by atoms with van der Waals surface area (Å²) in [5.41, 5.74) is 2.57.